The van der Waals surface area contributed by atoms with E-state index in [1.165, 1.54) is 38.8 Å². The van der Waals surface area contributed by atoms with Crippen LogP contribution in [0.2, 0.25) is 0 Å². The first-order valence-corrected chi connectivity index (χ1v) is 7.99. The van der Waals surface area contributed by atoms with E-state index in [0.29, 0.717) is 17.9 Å². The average molecular weight is 338 g/mol. The molecule has 3 aliphatic rings. The van der Waals surface area contributed by atoms with E-state index in [0.717, 1.165) is 26.2 Å². The second-order valence-electron chi connectivity index (χ2n) is 6.54. The molecule has 124 valence electrons. The van der Waals surface area contributed by atoms with Gasteiger partial charge in [0.1, 0.15) is 0 Å². The van der Waals surface area contributed by atoms with Crippen LogP contribution in [-0.2, 0) is 4.79 Å². The number of halogens is 2. The van der Waals surface area contributed by atoms with Gasteiger partial charge in [0.05, 0.1) is 0 Å². The van der Waals surface area contributed by atoms with Crippen molar-refractivity contribution >= 4 is 30.7 Å². The maximum atomic E-state index is 12.6. The molecule has 4 nitrogen and oxygen atoms in total. The van der Waals surface area contributed by atoms with Crippen LogP contribution >= 0.6 is 24.8 Å². The molecule has 3 saturated heterocycles. The molecule has 0 radical (unpaired) electrons. The molecule has 3 rings (SSSR count). The Labute approximate surface area is 140 Å². The molecule has 0 bridgehead atoms. The van der Waals surface area contributed by atoms with E-state index in [1.54, 1.807) is 0 Å². The number of hydrogen-bond donors (Lipinski definition) is 1. The van der Waals surface area contributed by atoms with Gasteiger partial charge in [-0.05, 0) is 57.8 Å². The Morgan fingerprint density at radius 1 is 1.14 bits per heavy atom. The third-order valence-corrected chi connectivity index (χ3v) is 5.24. The topological polar surface area (TPSA) is 35.6 Å². The number of nitrogens with zero attached hydrogens (tertiary/aromatic N) is 2. The van der Waals surface area contributed by atoms with Gasteiger partial charge in [-0.2, -0.15) is 0 Å². The van der Waals surface area contributed by atoms with Gasteiger partial charge in [0, 0.05) is 25.0 Å². The molecular formula is C15H29Cl2N3O. The van der Waals surface area contributed by atoms with Crippen LogP contribution in [0.3, 0.4) is 0 Å². The van der Waals surface area contributed by atoms with E-state index < -0.39 is 0 Å². The fraction of sp³-hybridized carbons (Fsp3) is 0.933. The quantitative estimate of drug-likeness (QED) is 0.849. The summed E-state index contributed by atoms with van der Waals surface area (Å²) in [6.07, 6.45) is 5.08. The Kier molecular flexibility index (Phi) is 7.75. The Bertz CT molecular complexity index is 333. The molecule has 0 aromatic carbocycles. The highest BCUT2D eigenvalue weighted by atomic mass is 35.5. The van der Waals surface area contributed by atoms with Gasteiger partial charge in [-0.25, -0.2) is 0 Å². The molecule has 0 saturated carbocycles. The van der Waals surface area contributed by atoms with Crippen LogP contribution in [0.5, 0.6) is 0 Å². The lowest BCUT2D eigenvalue weighted by Crippen LogP contribution is -2.52. The molecule has 1 amide bonds. The first kappa shape index (κ1) is 19.0. The van der Waals surface area contributed by atoms with Gasteiger partial charge >= 0.3 is 0 Å². The summed E-state index contributed by atoms with van der Waals surface area (Å²) >= 11 is 0. The van der Waals surface area contributed by atoms with Gasteiger partial charge in [0.2, 0.25) is 5.91 Å². The monoisotopic (exact) mass is 337 g/mol. The summed E-state index contributed by atoms with van der Waals surface area (Å²) in [5, 5.41) is 3.28. The zero-order valence-corrected chi connectivity index (χ0v) is 14.6. The van der Waals surface area contributed by atoms with Crippen molar-refractivity contribution in [3.8, 4) is 0 Å². The molecule has 0 aromatic heterocycles. The largest absolute Gasteiger partial charge is 0.338 e. The summed E-state index contributed by atoms with van der Waals surface area (Å²) in [6, 6.07) is 0.487. The number of rotatable bonds is 4. The predicted molar refractivity (Wildman–Crippen MR) is 90.4 cm³/mol. The molecule has 6 heteroatoms. The second-order valence-corrected chi connectivity index (χ2v) is 6.54. The molecule has 21 heavy (non-hydrogen) atoms. The fourth-order valence-corrected chi connectivity index (χ4v) is 3.71. The highest BCUT2D eigenvalue weighted by Gasteiger charge is 2.37. The van der Waals surface area contributed by atoms with E-state index in [2.05, 4.69) is 22.0 Å². The minimum atomic E-state index is 0. The number of likely N-dealkylation sites (tertiary alicyclic amines) is 2. The van der Waals surface area contributed by atoms with Crippen molar-refractivity contribution in [2.75, 3.05) is 39.3 Å². The van der Waals surface area contributed by atoms with Crippen LogP contribution in [-0.4, -0.2) is 61.0 Å². The van der Waals surface area contributed by atoms with Gasteiger partial charge in [-0.15, -0.1) is 24.8 Å². The number of nitrogens with one attached hydrogen (secondary N) is 1. The average Bonchev–Trinajstić information content (AvgIpc) is 2.97. The molecular weight excluding hydrogens is 309 g/mol. The highest BCUT2D eigenvalue weighted by Crippen LogP contribution is 2.25. The van der Waals surface area contributed by atoms with Crippen molar-refractivity contribution in [2.45, 2.75) is 38.6 Å². The molecule has 3 aliphatic heterocycles. The Morgan fingerprint density at radius 3 is 2.38 bits per heavy atom. The molecule has 0 aromatic rings. The summed E-state index contributed by atoms with van der Waals surface area (Å²) in [7, 11) is 0. The molecule has 3 fully saturated rings. The Balaban J connectivity index is 0.00000110. The zero-order chi connectivity index (χ0) is 13.2. The van der Waals surface area contributed by atoms with E-state index in [1.807, 2.05) is 0 Å². The normalized spacial score (nSPS) is 27.7. The first-order valence-electron chi connectivity index (χ1n) is 7.99. The number of carbonyl (C=O) groups excluding carboxylic acids is 1. The number of hydrogen-bond acceptors (Lipinski definition) is 3. The van der Waals surface area contributed by atoms with Gasteiger partial charge in [-0.1, -0.05) is 6.92 Å². The summed E-state index contributed by atoms with van der Waals surface area (Å²) < 4.78 is 0. The molecule has 2 unspecified atom stereocenters. The molecule has 0 spiro atoms. The van der Waals surface area contributed by atoms with Gasteiger partial charge in [-0.3, -0.25) is 4.79 Å². The fourth-order valence-electron chi connectivity index (χ4n) is 3.71. The van der Waals surface area contributed by atoms with Crippen LogP contribution < -0.4 is 5.32 Å². The number of carbonyl (C=O) groups is 1. The molecule has 1 N–H and O–H groups in total. The second kappa shape index (κ2) is 8.56. The molecule has 3 heterocycles. The highest BCUT2D eigenvalue weighted by molar-refractivity contribution is 5.85. The van der Waals surface area contributed by atoms with Gasteiger partial charge in [0.25, 0.3) is 0 Å². The van der Waals surface area contributed by atoms with Crippen molar-refractivity contribution in [1.82, 2.24) is 15.1 Å². The maximum absolute atomic E-state index is 12.6. The minimum Gasteiger partial charge on any atom is -0.338 e. The standard InChI is InChI=1S/C15H27N3O.2ClH/c1-12(13-9-16-10-13)15(19)18-8-4-5-14(18)11-17-6-2-3-7-17;;/h12-14,16H,2-11H2,1H3;2*1H. The van der Waals surface area contributed by atoms with Crippen LogP contribution in [0.25, 0.3) is 0 Å². The van der Waals surface area contributed by atoms with E-state index in [9.17, 15) is 4.79 Å². The van der Waals surface area contributed by atoms with Gasteiger partial charge in [0.15, 0.2) is 0 Å². The summed E-state index contributed by atoms with van der Waals surface area (Å²) in [5.74, 6) is 1.19. The zero-order valence-electron chi connectivity index (χ0n) is 12.9. The van der Waals surface area contributed by atoms with Crippen LogP contribution in [0.15, 0.2) is 0 Å². The maximum Gasteiger partial charge on any atom is 0.226 e. The van der Waals surface area contributed by atoms with E-state index in [4.69, 9.17) is 0 Å². The van der Waals surface area contributed by atoms with E-state index >= 15 is 0 Å². The lowest BCUT2D eigenvalue weighted by molar-refractivity contribution is -0.138. The van der Waals surface area contributed by atoms with Crippen molar-refractivity contribution < 1.29 is 4.79 Å². The number of amides is 1. The summed E-state index contributed by atoms with van der Waals surface area (Å²) in [6.45, 7) is 8.75. The van der Waals surface area contributed by atoms with E-state index in [-0.39, 0.29) is 30.7 Å². The smallest absolute Gasteiger partial charge is 0.226 e. The summed E-state index contributed by atoms with van der Waals surface area (Å²) in [4.78, 5) is 17.4. The van der Waals surface area contributed by atoms with Crippen molar-refractivity contribution in [3.63, 3.8) is 0 Å². The van der Waals surface area contributed by atoms with Crippen molar-refractivity contribution in [1.29, 1.82) is 0 Å². The Hall–Kier alpha value is -0.0300. The summed E-state index contributed by atoms with van der Waals surface area (Å²) in [5.41, 5.74) is 0. The van der Waals surface area contributed by atoms with Crippen LogP contribution in [0, 0.1) is 11.8 Å². The third kappa shape index (κ3) is 4.25. The van der Waals surface area contributed by atoms with Crippen LogP contribution in [0.1, 0.15) is 32.6 Å². The van der Waals surface area contributed by atoms with Crippen molar-refractivity contribution in [3.05, 3.63) is 0 Å². The van der Waals surface area contributed by atoms with Gasteiger partial charge < -0.3 is 15.1 Å². The predicted octanol–water partition coefficient (Wildman–Crippen LogP) is 1.77. The minimum absolute atomic E-state index is 0. The molecule has 0 aliphatic carbocycles. The third-order valence-electron chi connectivity index (χ3n) is 5.24. The first-order chi connectivity index (χ1) is 9.25. The SMILES string of the molecule is CC(C(=O)N1CCCC1CN1CCCC1)C1CNC1.Cl.Cl. The van der Waals surface area contributed by atoms with Crippen LogP contribution in [0.4, 0.5) is 0 Å². The lowest BCUT2D eigenvalue weighted by Gasteiger charge is -2.36. The Morgan fingerprint density at radius 2 is 1.81 bits per heavy atom. The lowest BCUT2D eigenvalue weighted by atomic mass is 9.88. The van der Waals surface area contributed by atoms with Crippen molar-refractivity contribution in [2.24, 2.45) is 11.8 Å². The molecule has 2 atom stereocenters.